The van der Waals surface area contributed by atoms with Crippen molar-refractivity contribution in [3.8, 4) is 11.5 Å². The monoisotopic (exact) mass is 344 g/mol. The number of hydrogen-bond donors (Lipinski definition) is 1. The Balaban J connectivity index is 1.54. The molecule has 2 aromatic rings. The van der Waals surface area contributed by atoms with Crippen molar-refractivity contribution in [2.45, 2.75) is 19.6 Å². The van der Waals surface area contributed by atoms with Gasteiger partial charge in [-0.3, -0.25) is 4.79 Å². The highest BCUT2D eigenvalue weighted by Crippen LogP contribution is 2.32. The van der Waals surface area contributed by atoms with Gasteiger partial charge in [0.05, 0.1) is 0 Å². The predicted octanol–water partition coefficient (Wildman–Crippen LogP) is 0.910. The van der Waals surface area contributed by atoms with Gasteiger partial charge in [0, 0.05) is 18.7 Å². The van der Waals surface area contributed by atoms with Gasteiger partial charge in [0.15, 0.2) is 23.8 Å². The SMILES string of the molecule is C[C@H](OC(=O)c1cccc[n+]1[O-])C(=O)NCc1ccc2c(c1)OCO2. The molecule has 0 bridgehead atoms. The average Bonchev–Trinajstić information content (AvgIpc) is 3.07. The molecular formula is C17H16N2O6. The third-order valence-electron chi connectivity index (χ3n) is 3.59. The average molecular weight is 344 g/mol. The fraction of sp³-hybridized carbons (Fsp3) is 0.235. The van der Waals surface area contributed by atoms with Crippen LogP contribution in [0.4, 0.5) is 0 Å². The lowest BCUT2D eigenvalue weighted by molar-refractivity contribution is -0.608. The minimum Gasteiger partial charge on any atom is -0.618 e. The Bertz CT molecular complexity index is 807. The Kier molecular flexibility index (Phi) is 4.69. The van der Waals surface area contributed by atoms with Crippen molar-refractivity contribution in [2.75, 3.05) is 6.79 Å². The second-order valence-electron chi connectivity index (χ2n) is 5.36. The number of nitrogens with zero attached hydrogens (tertiary/aromatic N) is 1. The maximum absolute atomic E-state index is 12.1. The molecule has 0 saturated heterocycles. The third kappa shape index (κ3) is 3.79. The summed E-state index contributed by atoms with van der Waals surface area (Å²) >= 11 is 0. The van der Waals surface area contributed by atoms with Crippen LogP contribution in [0.3, 0.4) is 0 Å². The first-order valence-electron chi connectivity index (χ1n) is 7.60. The number of pyridine rings is 1. The lowest BCUT2D eigenvalue weighted by atomic mass is 10.2. The van der Waals surface area contributed by atoms with Gasteiger partial charge in [-0.05, 0) is 30.7 Å². The van der Waals surface area contributed by atoms with Crippen LogP contribution in [0, 0.1) is 5.21 Å². The van der Waals surface area contributed by atoms with E-state index >= 15 is 0 Å². The van der Waals surface area contributed by atoms with E-state index in [1.165, 1.54) is 31.3 Å². The van der Waals surface area contributed by atoms with Crippen LogP contribution in [-0.4, -0.2) is 24.8 Å². The molecule has 0 unspecified atom stereocenters. The summed E-state index contributed by atoms with van der Waals surface area (Å²) in [4.78, 5) is 24.0. The van der Waals surface area contributed by atoms with E-state index in [0.717, 1.165) is 5.56 Å². The highest BCUT2D eigenvalue weighted by Gasteiger charge is 2.23. The van der Waals surface area contributed by atoms with Gasteiger partial charge in [-0.1, -0.05) is 6.07 Å². The van der Waals surface area contributed by atoms with Crippen LogP contribution in [-0.2, 0) is 16.1 Å². The zero-order valence-electron chi connectivity index (χ0n) is 13.4. The fourth-order valence-corrected chi connectivity index (χ4v) is 2.24. The van der Waals surface area contributed by atoms with E-state index in [-0.39, 0.29) is 19.0 Å². The first-order valence-corrected chi connectivity index (χ1v) is 7.60. The highest BCUT2D eigenvalue weighted by atomic mass is 16.7. The van der Waals surface area contributed by atoms with Gasteiger partial charge >= 0.3 is 11.7 Å². The van der Waals surface area contributed by atoms with E-state index in [1.54, 1.807) is 18.2 Å². The van der Waals surface area contributed by atoms with Crippen LogP contribution in [0.5, 0.6) is 11.5 Å². The smallest absolute Gasteiger partial charge is 0.405 e. The Morgan fingerprint density at radius 2 is 2.08 bits per heavy atom. The summed E-state index contributed by atoms with van der Waals surface area (Å²) in [5, 5.41) is 14.2. The molecule has 1 N–H and O–H groups in total. The summed E-state index contributed by atoms with van der Waals surface area (Å²) in [6.07, 6.45) is 0.141. The van der Waals surface area contributed by atoms with Crippen molar-refractivity contribution in [1.29, 1.82) is 0 Å². The Morgan fingerprint density at radius 3 is 2.88 bits per heavy atom. The molecule has 3 rings (SSSR count). The van der Waals surface area contributed by atoms with Gasteiger partial charge in [0.2, 0.25) is 6.79 Å². The topological polar surface area (TPSA) is 101 Å². The van der Waals surface area contributed by atoms with Crippen LogP contribution >= 0.6 is 0 Å². The second-order valence-corrected chi connectivity index (χ2v) is 5.36. The van der Waals surface area contributed by atoms with E-state index in [2.05, 4.69) is 5.32 Å². The first kappa shape index (κ1) is 16.6. The van der Waals surface area contributed by atoms with Crippen LogP contribution < -0.4 is 19.5 Å². The lowest BCUT2D eigenvalue weighted by Gasteiger charge is -2.13. The molecule has 8 nitrogen and oxygen atoms in total. The van der Waals surface area contributed by atoms with Crippen LogP contribution in [0.1, 0.15) is 23.0 Å². The summed E-state index contributed by atoms with van der Waals surface area (Å²) in [5.41, 5.74) is 0.634. The van der Waals surface area contributed by atoms with Gasteiger partial charge in [-0.15, -0.1) is 0 Å². The maximum atomic E-state index is 12.1. The normalized spacial score (nSPS) is 13.2. The summed E-state index contributed by atoms with van der Waals surface area (Å²) in [7, 11) is 0. The van der Waals surface area contributed by atoms with Gasteiger partial charge < -0.3 is 24.7 Å². The Labute approximate surface area is 143 Å². The molecular weight excluding hydrogens is 328 g/mol. The van der Waals surface area contributed by atoms with Gasteiger partial charge in [-0.2, -0.15) is 4.73 Å². The largest absolute Gasteiger partial charge is 0.618 e. The zero-order chi connectivity index (χ0) is 17.8. The maximum Gasteiger partial charge on any atom is 0.405 e. The van der Waals surface area contributed by atoms with E-state index in [0.29, 0.717) is 16.2 Å². The number of fused-ring (bicyclic) bond motifs is 1. The number of benzene rings is 1. The van der Waals surface area contributed by atoms with Crippen LogP contribution in [0.2, 0.25) is 0 Å². The van der Waals surface area contributed by atoms with Crippen LogP contribution in [0.15, 0.2) is 42.6 Å². The summed E-state index contributed by atoms with van der Waals surface area (Å²) in [5.74, 6) is -0.0535. The highest BCUT2D eigenvalue weighted by molar-refractivity contribution is 5.89. The molecule has 1 aliphatic rings. The molecule has 0 fully saturated rings. The lowest BCUT2D eigenvalue weighted by Crippen LogP contribution is -2.39. The van der Waals surface area contributed by atoms with E-state index in [9.17, 15) is 14.8 Å². The number of rotatable bonds is 5. The number of aromatic nitrogens is 1. The number of esters is 1. The minimum absolute atomic E-state index is 0.178. The number of carbonyl (C=O) groups is 2. The van der Waals surface area contributed by atoms with E-state index in [4.69, 9.17) is 14.2 Å². The molecule has 0 radical (unpaired) electrons. The summed E-state index contributed by atoms with van der Waals surface area (Å²) in [6.45, 7) is 1.85. The van der Waals surface area contributed by atoms with Gasteiger partial charge in [0.25, 0.3) is 5.91 Å². The van der Waals surface area contributed by atoms with Crippen molar-refractivity contribution in [1.82, 2.24) is 5.32 Å². The number of ether oxygens (including phenoxy) is 3. The standard InChI is InChI=1S/C17H16N2O6/c1-11(25-17(21)13-4-2-3-7-19(13)22)16(20)18-9-12-5-6-14-15(8-12)24-10-23-14/h2-8,11H,9-10H2,1H3,(H,18,20)/t11-/m0/s1. The van der Waals surface area contributed by atoms with E-state index in [1.807, 2.05) is 0 Å². The molecule has 1 atom stereocenters. The summed E-state index contributed by atoms with van der Waals surface area (Å²) < 4.78 is 15.9. The molecule has 0 spiro atoms. The molecule has 0 saturated carbocycles. The Morgan fingerprint density at radius 1 is 1.28 bits per heavy atom. The third-order valence-corrected chi connectivity index (χ3v) is 3.59. The van der Waals surface area contributed by atoms with Crippen molar-refractivity contribution in [3.63, 3.8) is 0 Å². The first-order chi connectivity index (χ1) is 12.0. The zero-order valence-corrected chi connectivity index (χ0v) is 13.4. The molecule has 1 aliphatic heterocycles. The molecule has 1 aromatic heterocycles. The molecule has 1 amide bonds. The van der Waals surface area contributed by atoms with E-state index < -0.39 is 18.0 Å². The number of amides is 1. The van der Waals surface area contributed by atoms with Crippen molar-refractivity contribution in [3.05, 3.63) is 59.1 Å². The number of hydrogen-bond acceptors (Lipinski definition) is 6. The number of carbonyl (C=O) groups excluding carboxylic acids is 2. The second kappa shape index (κ2) is 7.08. The summed E-state index contributed by atoms with van der Waals surface area (Å²) in [6, 6.07) is 9.68. The molecule has 25 heavy (non-hydrogen) atoms. The van der Waals surface area contributed by atoms with Crippen molar-refractivity contribution < 1.29 is 28.5 Å². The molecule has 130 valence electrons. The Hall–Kier alpha value is -3.29. The predicted molar refractivity (Wildman–Crippen MR) is 84.7 cm³/mol. The van der Waals surface area contributed by atoms with Crippen molar-refractivity contribution in [2.24, 2.45) is 0 Å². The molecule has 8 heteroatoms. The quantitative estimate of drug-likeness (QED) is 0.491. The van der Waals surface area contributed by atoms with Crippen LogP contribution in [0.25, 0.3) is 0 Å². The van der Waals surface area contributed by atoms with Gasteiger partial charge in [-0.25, -0.2) is 4.79 Å². The number of nitrogens with one attached hydrogen (secondary N) is 1. The fourth-order valence-electron chi connectivity index (χ4n) is 2.24. The molecule has 2 heterocycles. The molecule has 0 aliphatic carbocycles. The molecule has 1 aromatic carbocycles. The minimum atomic E-state index is -1.04. The van der Waals surface area contributed by atoms with Crippen molar-refractivity contribution >= 4 is 11.9 Å². The van der Waals surface area contributed by atoms with Gasteiger partial charge in [0.1, 0.15) is 0 Å².